The summed E-state index contributed by atoms with van der Waals surface area (Å²) in [6.07, 6.45) is 0. The molecule has 0 aliphatic rings. The van der Waals surface area contributed by atoms with E-state index in [9.17, 15) is 4.79 Å². The molecular formula is C21H18BrClO. The standard InChI is InChI=1S/C13H11Cl.C8H7BrO/c14-13(11-7-3-1-4-8-11)12-9-5-2-6-10-12;9-6-8(10)7-4-2-1-3-5-7/h1-10,13H;1-5H,6H2. The predicted octanol–water partition coefficient (Wildman–Crippen LogP) is 6.28. The number of Topliss-reactive ketones (excluding diaryl/α,β-unsaturated/α-hetero) is 1. The number of carbonyl (C=O) groups is 1. The summed E-state index contributed by atoms with van der Waals surface area (Å²) in [5, 5.41) is 0.356. The van der Waals surface area contributed by atoms with Gasteiger partial charge in [0.2, 0.25) is 0 Å². The molecule has 24 heavy (non-hydrogen) atoms. The minimum atomic E-state index is -0.0441. The molecule has 3 rings (SSSR count). The van der Waals surface area contributed by atoms with Crippen molar-refractivity contribution in [2.24, 2.45) is 0 Å². The SMILES string of the molecule is ClC(c1ccccc1)c1ccccc1.O=C(CBr)c1ccccc1. The molecule has 1 nitrogen and oxygen atoms in total. The number of halogens is 2. The molecule has 0 aliphatic carbocycles. The maximum absolute atomic E-state index is 11.0. The molecule has 0 saturated carbocycles. The molecule has 122 valence electrons. The maximum Gasteiger partial charge on any atom is 0.173 e. The molecule has 3 aromatic carbocycles. The minimum Gasteiger partial charge on any atom is -0.293 e. The van der Waals surface area contributed by atoms with Crippen LogP contribution in [-0.2, 0) is 0 Å². The summed E-state index contributed by atoms with van der Waals surface area (Å²) in [6, 6.07) is 29.4. The van der Waals surface area contributed by atoms with E-state index in [0.29, 0.717) is 5.33 Å². The fourth-order valence-electron chi connectivity index (χ4n) is 2.14. The van der Waals surface area contributed by atoms with Crippen LogP contribution < -0.4 is 0 Å². The molecule has 0 radical (unpaired) electrons. The van der Waals surface area contributed by atoms with Crippen molar-refractivity contribution >= 4 is 33.3 Å². The Kier molecular flexibility index (Phi) is 7.73. The van der Waals surface area contributed by atoms with Gasteiger partial charge in [0.15, 0.2) is 5.78 Å². The summed E-state index contributed by atoms with van der Waals surface area (Å²) < 4.78 is 0. The fraction of sp³-hybridized carbons (Fsp3) is 0.0952. The Labute approximate surface area is 156 Å². The Morgan fingerprint density at radius 1 is 0.750 bits per heavy atom. The number of hydrogen-bond donors (Lipinski definition) is 0. The second kappa shape index (κ2) is 10.1. The Morgan fingerprint density at radius 3 is 1.50 bits per heavy atom. The molecule has 0 unspecified atom stereocenters. The van der Waals surface area contributed by atoms with Crippen LogP contribution in [0.3, 0.4) is 0 Å². The summed E-state index contributed by atoms with van der Waals surface area (Å²) in [6.45, 7) is 0. The lowest BCUT2D eigenvalue weighted by Gasteiger charge is -2.09. The van der Waals surface area contributed by atoms with Gasteiger partial charge in [0.25, 0.3) is 0 Å². The van der Waals surface area contributed by atoms with E-state index in [4.69, 9.17) is 11.6 Å². The van der Waals surface area contributed by atoms with Crippen molar-refractivity contribution in [1.82, 2.24) is 0 Å². The van der Waals surface area contributed by atoms with Gasteiger partial charge in [0.05, 0.1) is 10.7 Å². The lowest BCUT2D eigenvalue weighted by molar-refractivity contribution is 0.102. The average molecular weight is 402 g/mol. The first-order valence-corrected chi connectivity index (χ1v) is 9.16. The summed E-state index contributed by atoms with van der Waals surface area (Å²) in [4.78, 5) is 11.0. The van der Waals surface area contributed by atoms with Crippen molar-refractivity contribution in [1.29, 1.82) is 0 Å². The monoisotopic (exact) mass is 400 g/mol. The quantitative estimate of drug-likeness (QED) is 0.371. The second-order valence-electron chi connectivity index (χ2n) is 5.11. The van der Waals surface area contributed by atoms with Gasteiger partial charge in [-0.3, -0.25) is 4.79 Å². The van der Waals surface area contributed by atoms with E-state index in [1.807, 2.05) is 91.0 Å². The van der Waals surface area contributed by atoms with Crippen LogP contribution in [0.2, 0.25) is 0 Å². The van der Waals surface area contributed by atoms with Gasteiger partial charge in [0, 0.05) is 5.56 Å². The van der Waals surface area contributed by atoms with Crippen LogP contribution in [0.1, 0.15) is 26.9 Å². The highest BCUT2D eigenvalue weighted by Gasteiger charge is 2.08. The van der Waals surface area contributed by atoms with E-state index in [2.05, 4.69) is 15.9 Å². The van der Waals surface area contributed by atoms with E-state index >= 15 is 0 Å². The lowest BCUT2D eigenvalue weighted by Crippen LogP contribution is -1.98. The number of alkyl halides is 2. The van der Waals surface area contributed by atoms with Crippen molar-refractivity contribution in [2.75, 3.05) is 5.33 Å². The van der Waals surface area contributed by atoms with Gasteiger partial charge < -0.3 is 0 Å². The van der Waals surface area contributed by atoms with Gasteiger partial charge in [-0.1, -0.05) is 107 Å². The molecule has 0 bridgehead atoms. The van der Waals surface area contributed by atoms with Crippen molar-refractivity contribution < 1.29 is 4.79 Å². The third-order valence-corrected chi connectivity index (χ3v) is 4.41. The van der Waals surface area contributed by atoms with Crippen molar-refractivity contribution in [2.45, 2.75) is 5.38 Å². The Bertz CT molecular complexity index is 690. The van der Waals surface area contributed by atoms with E-state index in [1.165, 1.54) is 0 Å². The zero-order valence-corrected chi connectivity index (χ0v) is 15.5. The normalized spacial score (nSPS) is 9.96. The topological polar surface area (TPSA) is 17.1 Å². The zero-order chi connectivity index (χ0) is 17.2. The van der Waals surface area contributed by atoms with E-state index < -0.39 is 0 Å². The molecule has 0 saturated heterocycles. The molecule has 0 heterocycles. The van der Waals surface area contributed by atoms with Gasteiger partial charge in [-0.05, 0) is 11.1 Å². The molecule has 0 N–H and O–H groups in total. The van der Waals surface area contributed by atoms with Crippen LogP contribution in [0.5, 0.6) is 0 Å². The number of rotatable bonds is 4. The van der Waals surface area contributed by atoms with Gasteiger partial charge >= 0.3 is 0 Å². The summed E-state index contributed by atoms with van der Waals surface area (Å²) in [7, 11) is 0. The first-order valence-electron chi connectivity index (χ1n) is 7.60. The minimum absolute atomic E-state index is 0.0441. The molecule has 0 fully saturated rings. The van der Waals surface area contributed by atoms with Gasteiger partial charge in [-0.2, -0.15) is 0 Å². The number of carbonyl (C=O) groups excluding carboxylic acids is 1. The first-order chi connectivity index (χ1) is 11.7. The van der Waals surface area contributed by atoms with Crippen LogP contribution in [0.4, 0.5) is 0 Å². The van der Waals surface area contributed by atoms with Gasteiger partial charge in [0.1, 0.15) is 0 Å². The third kappa shape index (κ3) is 5.63. The predicted molar refractivity (Wildman–Crippen MR) is 105 cm³/mol. The Morgan fingerprint density at radius 2 is 1.12 bits per heavy atom. The summed E-state index contributed by atoms with van der Waals surface area (Å²) >= 11 is 9.43. The van der Waals surface area contributed by atoms with Crippen molar-refractivity contribution in [3.05, 3.63) is 108 Å². The number of benzene rings is 3. The molecule has 0 spiro atoms. The van der Waals surface area contributed by atoms with Gasteiger partial charge in [-0.15, -0.1) is 11.6 Å². The molecule has 3 heteroatoms. The average Bonchev–Trinajstić information content (AvgIpc) is 2.69. The van der Waals surface area contributed by atoms with Crippen LogP contribution in [0.25, 0.3) is 0 Å². The molecular weight excluding hydrogens is 384 g/mol. The molecule has 0 aliphatic heterocycles. The van der Waals surface area contributed by atoms with Crippen molar-refractivity contribution in [3.63, 3.8) is 0 Å². The van der Waals surface area contributed by atoms with E-state index in [1.54, 1.807) is 0 Å². The highest BCUT2D eigenvalue weighted by Crippen LogP contribution is 2.27. The van der Waals surface area contributed by atoms with Crippen LogP contribution in [-0.4, -0.2) is 11.1 Å². The summed E-state index contributed by atoms with van der Waals surface area (Å²) in [5.74, 6) is 0.126. The van der Waals surface area contributed by atoms with Gasteiger partial charge in [-0.25, -0.2) is 0 Å². The smallest absolute Gasteiger partial charge is 0.173 e. The molecule has 0 atom stereocenters. The highest BCUT2D eigenvalue weighted by molar-refractivity contribution is 9.09. The fourth-order valence-corrected chi connectivity index (χ4v) is 2.75. The number of ketones is 1. The van der Waals surface area contributed by atoms with E-state index in [-0.39, 0.29) is 11.2 Å². The van der Waals surface area contributed by atoms with Crippen LogP contribution >= 0.6 is 27.5 Å². The van der Waals surface area contributed by atoms with Crippen molar-refractivity contribution in [3.8, 4) is 0 Å². The van der Waals surface area contributed by atoms with Crippen LogP contribution in [0.15, 0.2) is 91.0 Å². The lowest BCUT2D eigenvalue weighted by atomic mass is 10.0. The third-order valence-electron chi connectivity index (χ3n) is 3.40. The summed E-state index contributed by atoms with van der Waals surface area (Å²) in [5.41, 5.74) is 3.04. The largest absolute Gasteiger partial charge is 0.293 e. The Hall–Kier alpha value is -1.90. The highest BCUT2D eigenvalue weighted by atomic mass is 79.9. The molecule has 3 aromatic rings. The van der Waals surface area contributed by atoms with Crippen LogP contribution in [0, 0.1) is 0 Å². The Balaban J connectivity index is 0.000000185. The zero-order valence-electron chi connectivity index (χ0n) is 13.1. The molecule has 0 aromatic heterocycles. The second-order valence-corrected chi connectivity index (χ2v) is 6.10. The number of hydrogen-bond acceptors (Lipinski definition) is 1. The van der Waals surface area contributed by atoms with E-state index in [0.717, 1.165) is 16.7 Å². The maximum atomic E-state index is 11.0. The molecule has 0 amide bonds. The first kappa shape index (κ1) is 18.4.